The SMILES string of the molecule is COc1cc(C)cc(-c2ccc(Br)c3ncc(O)nc23)c1. The van der Waals surface area contributed by atoms with Crippen molar-refractivity contribution in [2.45, 2.75) is 6.92 Å². The molecule has 0 fully saturated rings. The fraction of sp³-hybridized carbons (Fsp3) is 0.125. The van der Waals surface area contributed by atoms with E-state index in [9.17, 15) is 5.11 Å². The number of aromatic nitrogens is 2. The molecule has 3 aromatic rings. The van der Waals surface area contributed by atoms with E-state index in [0.29, 0.717) is 11.0 Å². The average Bonchev–Trinajstić information content (AvgIpc) is 2.46. The number of nitrogens with zero attached hydrogens (tertiary/aromatic N) is 2. The summed E-state index contributed by atoms with van der Waals surface area (Å²) in [5.74, 6) is 0.690. The van der Waals surface area contributed by atoms with E-state index in [1.54, 1.807) is 7.11 Å². The van der Waals surface area contributed by atoms with Crippen LogP contribution in [0.4, 0.5) is 0 Å². The van der Waals surface area contributed by atoms with E-state index >= 15 is 0 Å². The minimum Gasteiger partial charge on any atom is -0.497 e. The minimum absolute atomic E-state index is 0.0959. The monoisotopic (exact) mass is 344 g/mol. The van der Waals surface area contributed by atoms with Crippen molar-refractivity contribution < 1.29 is 9.84 Å². The molecule has 0 unspecified atom stereocenters. The van der Waals surface area contributed by atoms with Crippen LogP contribution in [0.3, 0.4) is 0 Å². The van der Waals surface area contributed by atoms with Gasteiger partial charge in [-0.05, 0) is 52.2 Å². The predicted molar refractivity (Wildman–Crippen MR) is 85.6 cm³/mol. The number of rotatable bonds is 2. The number of aromatic hydroxyl groups is 1. The molecule has 0 radical (unpaired) electrons. The minimum atomic E-state index is -0.0959. The van der Waals surface area contributed by atoms with Crippen molar-refractivity contribution in [3.05, 3.63) is 46.6 Å². The Balaban J connectivity index is 2.32. The van der Waals surface area contributed by atoms with Crippen molar-refractivity contribution in [2.75, 3.05) is 7.11 Å². The fourth-order valence-electron chi connectivity index (χ4n) is 2.31. The number of hydrogen-bond acceptors (Lipinski definition) is 4. The van der Waals surface area contributed by atoms with Crippen molar-refractivity contribution in [1.29, 1.82) is 0 Å². The van der Waals surface area contributed by atoms with Gasteiger partial charge in [0.2, 0.25) is 5.88 Å². The van der Waals surface area contributed by atoms with Crippen LogP contribution < -0.4 is 4.74 Å². The molecule has 2 aromatic carbocycles. The van der Waals surface area contributed by atoms with Gasteiger partial charge in [0.05, 0.1) is 13.3 Å². The summed E-state index contributed by atoms with van der Waals surface area (Å²) in [5.41, 5.74) is 4.33. The molecule has 0 bridgehead atoms. The standard InChI is InChI=1S/C16H13BrN2O2/c1-9-5-10(7-11(6-9)21-2)12-3-4-13(17)16-15(12)19-14(20)8-18-16/h3-8H,1-2H3,(H,19,20). The second-order valence-corrected chi connectivity index (χ2v) is 5.61. The molecule has 1 aromatic heterocycles. The summed E-state index contributed by atoms with van der Waals surface area (Å²) in [6.45, 7) is 2.01. The summed E-state index contributed by atoms with van der Waals surface area (Å²) < 4.78 is 6.16. The number of hydrogen-bond donors (Lipinski definition) is 1. The lowest BCUT2D eigenvalue weighted by Gasteiger charge is -2.10. The van der Waals surface area contributed by atoms with Crippen LogP contribution in [0.25, 0.3) is 22.2 Å². The van der Waals surface area contributed by atoms with Crippen LogP contribution >= 0.6 is 15.9 Å². The molecule has 0 saturated carbocycles. The van der Waals surface area contributed by atoms with E-state index in [4.69, 9.17) is 4.74 Å². The molecular weight excluding hydrogens is 332 g/mol. The first-order valence-corrected chi connectivity index (χ1v) is 7.18. The molecule has 0 aliphatic carbocycles. The zero-order valence-electron chi connectivity index (χ0n) is 11.6. The molecular formula is C16H13BrN2O2. The topological polar surface area (TPSA) is 55.2 Å². The van der Waals surface area contributed by atoms with Gasteiger partial charge in [-0.2, -0.15) is 0 Å². The molecule has 106 valence electrons. The molecule has 3 rings (SSSR count). The lowest BCUT2D eigenvalue weighted by atomic mass is 10.0. The second kappa shape index (κ2) is 5.33. The van der Waals surface area contributed by atoms with Gasteiger partial charge in [-0.25, -0.2) is 9.97 Å². The van der Waals surface area contributed by atoms with E-state index in [2.05, 4.69) is 32.0 Å². The zero-order chi connectivity index (χ0) is 15.0. The Bertz CT molecular complexity index is 834. The molecule has 0 atom stereocenters. The van der Waals surface area contributed by atoms with Crippen LogP contribution in [0.1, 0.15) is 5.56 Å². The van der Waals surface area contributed by atoms with Crippen LogP contribution in [0.2, 0.25) is 0 Å². The number of ether oxygens (including phenoxy) is 1. The van der Waals surface area contributed by atoms with Crippen LogP contribution in [-0.4, -0.2) is 22.2 Å². The summed E-state index contributed by atoms with van der Waals surface area (Å²) >= 11 is 3.46. The normalized spacial score (nSPS) is 10.8. The molecule has 0 aliphatic heterocycles. The largest absolute Gasteiger partial charge is 0.497 e. The van der Waals surface area contributed by atoms with Gasteiger partial charge < -0.3 is 9.84 Å². The molecule has 0 spiro atoms. The third kappa shape index (κ3) is 2.56. The quantitative estimate of drug-likeness (QED) is 0.760. The maximum absolute atomic E-state index is 9.63. The van der Waals surface area contributed by atoms with Gasteiger partial charge in [0.25, 0.3) is 0 Å². The Labute approximate surface area is 130 Å². The van der Waals surface area contributed by atoms with Crippen molar-refractivity contribution in [2.24, 2.45) is 0 Å². The first-order valence-electron chi connectivity index (χ1n) is 6.39. The number of aryl methyl sites for hydroxylation is 1. The van der Waals surface area contributed by atoms with Gasteiger partial charge in [0.15, 0.2) is 0 Å². The number of benzene rings is 2. The Kier molecular flexibility index (Phi) is 3.51. The first kappa shape index (κ1) is 13.8. The maximum atomic E-state index is 9.63. The van der Waals surface area contributed by atoms with Crippen molar-refractivity contribution in [3.63, 3.8) is 0 Å². The number of fused-ring (bicyclic) bond motifs is 1. The van der Waals surface area contributed by atoms with Gasteiger partial charge in [0, 0.05) is 10.0 Å². The molecule has 21 heavy (non-hydrogen) atoms. The zero-order valence-corrected chi connectivity index (χ0v) is 13.2. The lowest BCUT2D eigenvalue weighted by molar-refractivity contribution is 0.414. The van der Waals surface area contributed by atoms with Gasteiger partial charge in [-0.15, -0.1) is 0 Å². The summed E-state index contributed by atoms with van der Waals surface area (Å²) in [4.78, 5) is 8.46. The third-order valence-corrected chi connectivity index (χ3v) is 3.87. The predicted octanol–water partition coefficient (Wildman–Crippen LogP) is 4.08. The Hall–Kier alpha value is -2.14. The Morgan fingerprint density at radius 2 is 1.95 bits per heavy atom. The fourth-order valence-corrected chi connectivity index (χ4v) is 2.73. The summed E-state index contributed by atoms with van der Waals surface area (Å²) in [6, 6.07) is 9.85. The van der Waals surface area contributed by atoms with E-state index in [1.165, 1.54) is 6.20 Å². The summed E-state index contributed by atoms with van der Waals surface area (Å²) in [7, 11) is 1.64. The Morgan fingerprint density at radius 3 is 2.71 bits per heavy atom. The van der Waals surface area contributed by atoms with Gasteiger partial charge in [0.1, 0.15) is 16.8 Å². The summed E-state index contributed by atoms with van der Waals surface area (Å²) in [6.07, 6.45) is 1.34. The van der Waals surface area contributed by atoms with Crippen LogP contribution in [0.5, 0.6) is 11.6 Å². The first-order chi connectivity index (χ1) is 10.1. The van der Waals surface area contributed by atoms with Gasteiger partial charge in [-0.1, -0.05) is 12.1 Å². The molecule has 0 aliphatic rings. The highest BCUT2D eigenvalue weighted by molar-refractivity contribution is 9.10. The van der Waals surface area contributed by atoms with Gasteiger partial charge >= 0.3 is 0 Å². The highest BCUT2D eigenvalue weighted by atomic mass is 79.9. The van der Waals surface area contributed by atoms with Crippen LogP contribution in [-0.2, 0) is 0 Å². The smallest absolute Gasteiger partial charge is 0.230 e. The molecule has 0 amide bonds. The van der Waals surface area contributed by atoms with E-state index in [0.717, 1.165) is 26.9 Å². The Morgan fingerprint density at radius 1 is 1.14 bits per heavy atom. The van der Waals surface area contributed by atoms with Crippen molar-refractivity contribution in [1.82, 2.24) is 9.97 Å². The van der Waals surface area contributed by atoms with Crippen molar-refractivity contribution >= 4 is 27.0 Å². The lowest BCUT2D eigenvalue weighted by Crippen LogP contribution is -1.91. The maximum Gasteiger partial charge on any atom is 0.230 e. The molecule has 0 saturated heterocycles. The van der Waals surface area contributed by atoms with Crippen molar-refractivity contribution in [3.8, 4) is 22.8 Å². The van der Waals surface area contributed by atoms with Gasteiger partial charge in [-0.3, -0.25) is 0 Å². The average molecular weight is 345 g/mol. The van der Waals surface area contributed by atoms with Crippen LogP contribution in [0, 0.1) is 6.92 Å². The molecule has 1 N–H and O–H groups in total. The van der Waals surface area contributed by atoms with Crippen LogP contribution in [0.15, 0.2) is 41.0 Å². The highest BCUT2D eigenvalue weighted by Gasteiger charge is 2.11. The summed E-state index contributed by atoms with van der Waals surface area (Å²) in [5, 5.41) is 9.63. The second-order valence-electron chi connectivity index (χ2n) is 4.76. The third-order valence-electron chi connectivity index (χ3n) is 3.24. The van der Waals surface area contributed by atoms with E-state index in [-0.39, 0.29) is 5.88 Å². The molecule has 5 heteroatoms. The molecule has 1 heterocycles. The van der Waals surface area contributed by atoms with E-state index < -0.39 is 0 Å². The highest BCUT2D eigenvalue weighted by Crippen LogP contribution is 2.33. The van der Waals surface area contributed by atoms with E-state index in [1.807, 2.05) is 31.2 Å². The number of methoxy groups -OCH3 is 1. The number of halogens is 1. The molecule has 4 nitrogen and oxygen atoms in total.